The van der Waals surface area contributed by atoms with Gasteiger partial charge in [0, 0.05) is 19.3 Å². The second kappa shape index (κ2) is 64.1. The molecule has 0 saturated heterocycles. The van der Waals surface area contributed by atoms with E-state index in [0.29, 0.717) is 19.3 Å². The largest absolute Gasteiger partial charge is 0.462 e. The minimum atomic E-state index is -0.808. The number of unbranched alkanes of at least 4 members (excludes halogenated alkanes) is 23. The summed E-state index contributed by atoms with van der Waals surface area (Å²) >= 11 is 0. The lowest BCUT2D eigenvalue weighted by Gasteiger charge is -2.18. The molecule has 436 valence electrons. The lowest BCUT2D eigenvalue weighted by atomic mass is 10.0. The highest BCUT2D eigenvalue weighted by molar-refractivity contribution is 5.71. The summed E-state index contributed by atoms with van der Waals surface area (Å²) in [5.41, 5.74) is 0. The Morgan fingerprint density at radius 1 is 0.273 bits per heavy atom. The molecule has 0 N–H and O–H groups in total. The number of hydrogen-bond donors (Lipinski definition) is 0. The molecule has 0 saturated carbocycles. The maximum Gasteiger partial charge on any atom is 0.306 e. The molecule has 6 heteroatoms. The Morgan fingerprint density at radius 3 is 0.831 bits per heavy atom. The fraction of sp³-hybridized carbons (Fsp3) is 0.648. The Hall–Kier alpha value is -4.45. The number of rotatable bonds is 56. The van der Waals surface area contributed by atoms with E-state index in [1.807, 2.05) is 0 Å². The van der Waals surface area contributed by atoms with E-state index in [1.165, 1.54) is 103 Å². The minimum absolute atomic E-state index is 0.102. The predicted molar refractivity (Wildman–Crippen MR) is 334 cm³/mol. The molecule has 6 nitrogen and oxygen atoms in total. The molecule has 77 heavy (non-hydrogen) atoms. The Bertz CT molecular complexity index is 1650. The van der Waals surface area contributed by atoms with Crippen molar-refractivity contribution < 1.29 is 28.6 Å². The van der Waals surface area contributed by atoms with Crippen LogP contribution in [0.3, 0.4) is 0 Å². The molecule has 0 fully saturated rings. The van der Waals surface area contributed by atoms with E-state index in [0.717, 1.165) is 128 Å². The standard InChI is InChI=1S/C71H116O6/c1-4-7-10-13-15-17-19-21-23-25-27-29-31-32-33-34-35-36-37-38-40-41-43-45-47-49-51-53-55-58-61-64-70(73)76-67-68(66-75-69(72)63-60-57-12-9-6-3)77-71(74)65-62-59-56-54-52-50-48-46-44-42-39-30-28-26-24-22-20-18-16-14-11-8-5-2/h7-8,10-11,15-18,21-24,27-30,42,44,48,50,54,56,68H,4-6,9,12-14,19-20,25-26,31-41,43,45-47,49,51-53,55,57-67H2,1-3H3/b10-7-,11-8-,17-15-,18-16-,23-21-,24-22-,29-27-,30-28-,44-42-,50-48-,56-54-. The lowest BCUT2D eigenvalue weighted by molar-refractivity contribution is -0.167. The SMILES string of the molecule is CC/C=C\C/C=C\C/C=C\C/C=C\C/C=C\C/C=C\C/C=C\CCCC(=O)OC(COC(=O)CCCCCCC)COC(=O)CCCCCCCCCCCCCCCCCCCC/C=C\C/C=C\C/C=C\C/C=C\CC. The van der Waals surface area contributed by atoms with Gasteiger partial charge in [0.2, 0.25) is 0 Å². The Balaban J connectivity index is 4.09. The second-order valence-electron chi connectivity index (χ2n) is 20.6. The van der Waals surface area contributed by atoms with Gasteiger partial charge >= 0.3 is 17.9 Å². The van der Waals surface area contributed by atoms with Crippen LogP contribution in [0.2, 0.25) is 0 Å². The van der Waals surface area contributed by atoms with Gasteiger partial charge in [0.05, 0.1) is 0 Å². The normalized spacial score (nSPS) is 13.0. The van der Waals surface area contributed by atoms with Crippen molar-refractivity contribution in [2.45, 2.75) is 284 Å². The average Bonchev–Trinajstić information content (AvgIpc) is 3.43. The van der Waals surface area contributed by atoms with E-state index in [9.17, 15) is 14.4 Å². The number of allylic oxidation sites excluding steroid dienone is 22. The van der Waals surface area contributed by atoms with E-state index >= 15 is 0 Å². The molecule has 0 aliphatic carbocycles. The highest BCUT2D eigenvalue weighted by atomic mass is 16.6. The molecule has 1 unspecified atom stereocenters. The van der Waals surface area contributed by atoms with Gasteiger partial charge in [-0.2, -0.15) is 0 Å². The molecule has 0 aromatic carbocycles. The molecule has 0 aliphatic rings. The maximum absolute atomic E-state index is 12.8. The highest BCUT2D eigenvalue weighted by Crippen LogP contribution is 2.16. The third kappa shape index (κ3) is 62.3. The Morgan fingerprint density at radius 2 is 0.519 bits per heavy atom. The zero-order valence-electron chi connectivity index (χ0n) is 49.9. The van der Waals surface area contributed by atoms with Crippen molar-refractivity contribution in [3.05, 3.63) is 134 Å². The zero-order chi connectivity index (χ0) is 55.7. The van der Waals surface area contributed by atoms with Crippen LogP contribution in [0.5, 0.6) is 0 Å². The first-order valence-corrected chi connectivity index (χ1v) is 31.7. The van der Waals surface area contributed by atoms with E-state index in [-0.39, 0.29) is 37.5 Å². The summed E-state index contributed by atoms with van der Waals surface area (Å²) in [6.07, 6.45) is 90.9. The molecular formula is C71H116O6. The molecule has 0 bridgehead atoms. The van der Waals surface area contributed by atoms with Crippen LogP contribution < -0.4 is 0 Å². The van der Waals surface area contributed by atoms with Crippen molar-refractivity contribution in [1.29, 1.82) is 0 Å². The predicted octanol–water partition coefficient (Wildman–Crippen LogP) is 21.8. The molecule has 0 spiro atoms. The molecular weight excluding hydrogens is 949 g/mol. The summed E-state index contributed by atoms with van der Waals surface area (Å²) in [6.45, 7) is 6.29. The van der Waals surface area contributed by atoms with Crippen molar-refractivity contribution in [2.75, 3.05) is 13.2 Å². The highest BCUT2D eigenvalue weighted by Gasteiger charge is 2.19. The average molecular weight is 1070 g/mol. The van der Waals surface area contributed by atoms with Crippen LogP contribution in [0.25, 0.3) is 0 Å². The van der Waals surface area contributed by atoms with Gasteiger partial charge in [-0.3, -0.25) is 14.4 Å². The summed E-state index contributed by atoms with van der Waals surface area (Å²) < 4.78 is 16.7. The second-order valence-corrected chi connectivity index (χ2v) is 20.6. The third-order valence-corrected chi connectivity index (χ3v) is 13.2. The van der Waals surface area contributed by atoms with Crippen molar-refractivity contribution in [2.24, 2.45) is 0 Å². The molecule has 0 aromatic heterocycles. The zero-order valence-corrected chi connectivity index (χ0v) is 49.9. The van der Waals surface area contributed by atoms with Crippen LogP contribution in [0, 0.1) is 0 Å². The first-order valence-electron chi connectivity index (χ1n) is 31.7. The third-order valence-electron chi connectivity index (χ3n) is 13.2. The Kier molecular flexibility index (Phi) is 60.4. The first kappa shape index (κ1) is 72.5. The number of esters is 3. The quantitative estimate of drug-likeness (QED) is 0.0261. The molecule has 0 aliphatic heterocycles. The van der Waals surface area contributed by atoms with E-state index in [4.69, 9.17) is 14.2 Å². The van der Waals surface area contributed by atoms with E-state index in [2.05, 4.69) is 154 Å². The number of carbonyl (C=O) groups is 3. The van der Waals surface area contributed by atoms with Crippen LogP contribution in [0.4, 0.5) is 0 Å². The number of hydrogen-bond acceptors (Lipinski definition) is 6. The molecule has 0 rings (SSSR count). The summed E-state index contributed by atoms with van der Waals surface area (Å²) in [6, 6.07) is 0. The van der Waals surface area contributed by atoms with Gasteiger partial charge in [0.1, 0.15) is 13.2 Å². The van der Waals surface area contributed by atoms with Gasteiger partial charge in [-0.25, -0.2) is 0 Å². The molecule has 0 aromatic rings. The maximum atomic E-state index is 12.8. The van der Waals surface area contributed by atoms with E-state index in [1.54, 1.807) is 0 Å². The van der Waals surface area contributed by atoms with Crippen molar-refractivity contribution in [3.8, 4) is 0 Å². The minimum Gasteiger partial charge on any atom is -0.462 e. The van der Waals surface area contributed by atoms with Crippen LogP contribution in [-0.4, -0.2) is 37.2 Å². The fourth-order valence-electron chi connectivity index (χ4n) is 8.48. The van der Waals surface area contributed by atoms with Gasteiger partial charge in [-0.05, 0) is 109 Å². The molecule has 1 atom stereocenters. The summed E-state index contributed by atoms with van der Waals surface area (Å²) in [4.78, 5) is 37.9. The smallest absolute Gasteiger partial charge is 0.306 e. The first-order chi connectivity index (χ1) is 38.0. The Labute approximate surface area is 475 Å². The van der Waals surface area contributed by atoms with Gasteiger partial charge in [0.25, 0.3) is 0 Å². The van der Waals surface area contributed by atoms with Crippen molar-refractivity contribution in [3.63, 3.8) is 0 Å². The monoisotopic (exact) mass is 1060 g/mol. The van der Waals surface area contributed by atoms with Crippen molar-refractivity contribution >= 4 is 17.9 Å². The van der Waals surface area contributed by atoms with Crippen LogP contribution in [0.1, 0.15) is 278 Å². The van der Waals surface area contributed by atoms with Gasteiger partial charge in [0.15, 0.2) is 6.10 Å². The summed E-state index contributed by atoms with van der Waals surface area (Å²) in [5.74, 6) is -0.975. The van der Waals surface area contributed by atoms with Gasteiger partial charge in [-0.1, -0.05) is 283 Å². The van der Waals surface area contributed by atoms with Crippen LogP contribution >= 0.6 is 0 Å². The van der Waals surface area contributed by atoms with Crippen LogP contribution in [-0.2, 0) is 28.6 Å². The molecule has 0 amide bonds. The van der Waals surface area contributed by atoms with Crippen LogP contribution in [0.15, 0.2) is 134 Å². The fourth-order valence-corrected chi connectivity index (χ4v) is 8.48. The lowest BCUT2D eigenvalue weighted by Crippen LogP contribution is -2.30. The summed E-state index contributed by atoms with van der Waals surface area (Å²) in [7, 11) is 0. The topological polar surface area (TPSA) is 78.9 Å². The summed E-state index contributed by atoms with van der Waals surface area (Å²) in [5, 5.41) is 0. The van der Waals surface area contributed by atoms with Gasteiger partial charge < -0.3 is 14.2 Å². The molecule has 0 radical (unpaired) electrons. The van der Waals surface area contributed by atoms with Crippen molar-refractivity contribution in [1.82, 2.24) is 0 Å². The molecule has 0 heterocycles. The van der Waals surface area contributed by atoms with Gasteiger partial charge in [-0.15, -0.1) is 0 Å². The number of ether oxygens (including phenoxy) is 3. The van der Waals surface area contributed by atoms with E-state index < -0.39 is 6.10 Å². The number of carbonyl (C=O) groups excluding carboxylic acids is 3.